The van der Waals surface area contributed by atoms with Crippen LogP contribution in [0.3, 0.4) is 0 Å². The maximum absolute atomic E-state index is 12.4. The van der Waals surface area contributed by atoms with Crippen molar-refractivity contribution in [2.45, 2.75) is 24.5 Å². The Kier molecular flexibility index (Phi) is 4.54. The highest BCUT2D eigenvalue weighted by Crippen LogP contribution is 2.32. The van der Waals surface area contributed by atoms with Gasteiger partial charge in [-0.3, -0.25) is 9.36 Å². The van der Waals surface area contributed by atoms with E-state index >= 15 is 0 Å². The number of hydrogen-bond acceptors (Lipinski definition) is 8. The highest BCUT2D eigenvalue weighted by Gasteiger charge is 2.44. The van der Waals surface area contributed by atoms with Crippen LogP contribution in [0, 0.1) is 0 Å². The number of aliphatic hydroxyl groups is 3. The minimum absolute atomic E-state index is 0.208. The Labute approximate surface area is 153 Å². The molecule has 0 bridgehead atoms. The van der Waals surface area contributed by atoms with Crippen molar-refractivity contribution in [3.05, 3.63) is 48.5 Å². The topological polar surface area (TPSA) is 143 Å². The zero-order valence-electron chi connectivity index (χ0n) is 14.0. The van der Waals surface area contributed by atoms with E-state index in [1.807, 2.05) is 6.07 Å². The molecule has 2 aromatic heterocycles. The molecule has 10 nitrogen and oxygen atoms in total. The summed E-state index contributed by atoms with van der Waals surface area (Å²) in [6.07, 6.45) is -1.77. The number of carbonyl (C=O) groups is 1. The van der Waals surface area contributed by atoms with Crippen LogP contribution in [-0.2, 0) is 4.74 Å². The molecule has 4 rings (SSSR count). The van der Waals surface area contributed by atoms with Gasteiger partial charge in [-0.15, -0.1) is 0 Å². The van der Waals surface area contributed by atoms with Crippen molar-refractivity contribution in [2.75, 3.05) is 11.9 Å². The second kappa shape index (κ2) is 7.00. The molecule has 1 aliphatic heterocycles. The van der Waals surface area contributed by atoms with Crippen molar-refractivity contribution in [3.8, 4) is 0 Å². The van der Waals surface area contributed by atoms with Crippen molar-refractivity contribution in [1.82, 2.24) is 19.5 Å². The maximum Gasteiger partial charge on any atom is 0.256 e. The Morgan fingerprint density at radius 3 is 2.63 bits per heavy atom. The van der Waals surface area contributed by atoms with Crippen molar-refractivity contribution < 1.29 is 24.9 Å². The van der Waals surface area contributed by atoms with Crippen LogP contribution in [0.5, 0.6) is 0 Å². The Morgan fingerprint density at radius 2 is 1.93 bits per heavy atom. The van der Waals surface area contributed by atoms with Crippen LogP contribution in [0.2, 0.25) is 0 Å². The van der Waals surface area contributed by atoms with E-state index < -0.39 is 31.1 Å². The molecular formula is C17H17N5O5. The largest absolute Gasteiger partial charge is 0.394 e. The van der Waals surface area contributed by atoms with Gasteiger partial charge in [0.15, 0.2) is 23.2 Å². The Morgan fingerprint density at radius 1 is 1.15 bits per heavy atom. The first-order chi connectivity index (χ1) is 13.1. The van der Waals surface area contributed by atoms with Gasteiger partial charge in [0.1, 0.15) is 24.6 Å². The number of rotatable bonds is 4. The molecule has 0 aliphatic carbocycles. The number of fused-ring (bicyclic) bond motifs is 1. The number of aliphatic hydroxyl groups excluding tert-OH is 3. The van der Waals surface area contributed by atoms with E-state index in [2.05, 4.69) is 20.3 Å². The first-order valence-corrected chi connectivity index (χ1v) is 8.26. The van der Waals surface area contributed by atoms with E-state index in [1.165, 1.54) is 17.2 Å². The molecule has 4 atom stereocenters. The number of carbonyl (C=O) groups excluding carboxylic acids is 1. The normalized spacial score (nSPS) is 25.0. The molecule has 1 saturated heterocycles. The molecular weight excluding hydrogens is 354 g/mol. The summed E-state index contributed by atoms with van der Waals surface area (Å²) in [5.74, 6) is -0.141. The van der Waals surface area contributed by atoms with Crippen molar-refractivity contribution >= 4 is 22.9 Å². The molecule has 0 radical (unpaired) electrons. The van der Waals surface area contributed by atoms with Crippen molar-refractivity contribution in [3.63, 3.8) is 0 Å². The summed E-state index contributed by atoms with van der Waals surface area (Å²) in [5.41, 5.74) is 1.08. The lowest BCUT2D eigenvalue weighted by atomic mass is 10.1. The van der Waals surface area contributed by atoms with Crippen LogP contribution in [0.4, 0.5) is 5.82 Å². The molecule has 10 heteroatoms. The van der Waals surface area contributed by atoms with E-state index in [1.54, 1.807) is 24.3 Å². The number of hydrogen-bond donors (Lipinski definition) is 4. The van der Waals surface area contributed by atoms with Crippen LogP contribution in [0.25, 0.3) is 11.2 Å². The van der Waals surface area contributed by atoms with E-state index in [0.717, 1.165) is 0 Å². The molecule has 0 saturated carbocycles. The van der Waals surface area contributed by atoms with Gasteiger partial charge in [0.05, 0.1) is 12.9 Å². The maximum atomic E-state index is 12.4. The van der Waals surface area contributed by atoms with Gasteiger partial charge in [0.2, 0.25) is 0 Å². The number of nitrogens with zero attached hydrogens (tertiary/aromatic N) is 4. The average Bonchev–Trinajstić information content (AvgIpc) is 3.25. The Balaban J connectivity index is 1.65. The van der Waals surface area contributed by atoms with Crippen LogP contribution in [0.15, 0.2) is 43.0 Å². The molecule has 1 aliphatic rings. The second-order valence-corrected chi connectivity index (χ2v) is 6.10. The number of anilines is 1. The van der Waals surface area contributed by atoms with Crippen LogP contribution < -0.4 is 5.32 Å². The molecule has 3 heterocycles. The third-order valence-electron chi connectivity index (χ3n) is 4.42. The minimum atomic E-state index is -1.27. The molecule has 0 spiro atoms. The van der Waals surface area contributed by atoms with Crippen LogP contribution in [0.1, 0.15) is 16.6 Å². The standard InChI is InChI=1S/C17H17N5O5/c23-6-10-12(24)13(25)17(27-10)22-8-20-11-14(18-7-19-15(11)22)21-16(26)9-4-2-1-3-5-9/h1-5,7-8,10,12-13,17,23-25H,6H2,(H,18,19,21,26)/t10-,12-,13-,17+/m0/s1. The number of benzene rings is 1. The number of imidazole rings is 1. The summed E-state index contributed by atoms with van der Waals surface area (Å²) in [5, 5.41) is 32.1. The Bertz CT molecular complexity index is 963. The number of amides is 1. The van der Waals surface area contributed by atoms with Gasteiger partial charge in [0.25, 0.3) is 5.91 Å². The summed E-state index contributed by atoms with van der Waals surface area (Å²) in [4.78, 5) is 24.8. The summed E-state index contributed by atoms with van der Waals surface area (Å²) in [7, 11) is 0. The summed E-state index contributed by atoms with van der Waals surface area (Å²) >= 11 is 0. The lowest BCUT2D eigenvalue weighted by Gasteiger charge is -2.16. The fourth-order valence-electron chi connectivity index (χ4n) is 3.01. The highest BCUT2D eigenvalue weighted by atomic mass is 16.6. The fourth-order valence-corrected chi connectivity index (χ4v) is 3.01. The number of nitrogens with one attached hydrogen (secondary N) is 1. The minimum Gasteiger partial charge on any atom is -0.394 e. The lowest BCUT2D eigenvalue weighted by Crippen LogP contribution is -2.33. The molecule has 0 unspecified atom stereocenters. The van der Waals surface area contributed by atoms with Gasteiger partial charge in [-0.1, -0.05) is 18.2 Å². The van der Waals surface area contributed by atoms with E-state index in [0.29, 0.717) is 16.7 Å². The van der Waals surface area contributed by atoms with Gasteiger partial charge in [-0.25, -0.2) is 15.0 Å². The molecule has 140 valence electrons. The van der Waals surface area contributed by atoms with Crippen molar-refractivity contribution in [2.24, 2.45) is 0 Å². The molecule has 3 aromatic rings. The average molecular weight is 371 g/mol. The predicted molar refractivity (Wildman–Crippen MR) is 92.7 cm³/mol. The van der Waals surface area contributed by atoms with Gasteiger partial charge in [0, 0.05) is 5.56 Å². The highest BCUT2D eigenvalue weighted by molar-refractivity contribution is 6.06. The molecule has 1 amide bonds. The summed E-state index contributed by atoms with van der Waals surface area (Å²) in [6.45, 7) is -0.436. The third kappa shape index (κ3) is 3.04. The first kappa shape index (κ1) is 17.5. The molecule has 1 fully saturated rings. The van der Waals surface area contributed by atoms with Gasteiger partial charge >= 0.3 is 0 Å². The molecule has 27 heavy (non-hydrogen) atoms. The second-order valence-electron chi connectivity index (χ2n) is 6.10. The van der Waals surface area contributed by atoms with Gasteiger partial charge < -0.3 is 25.4 Å². The first-order valence-electron chi connectivity index (χ1n) is 8.26. The monoisotopic (exact) mass is 371 g/mol. The quantitative estimate of drug-likeness (QED) is 0.489. The molecule has 1 aromatic carbocycles. The van der Waals surface area contributed by atoms with Gasteiger partial charge in [-0.2, -0.15) is 0 Å². The van der Waals surface area contributed by atoms with E-state index in [9.17, 15) is 20.1 Å². The SMILES string of the molecule is O=C(Nc1ncnc2c1ncn2[C@@H]1O[C@@H](CO)[C@H](O)[C@@H]1O)c1ccccc1. The third-order valence-corrected chi connectivity index (χ3v) is 4.42. The number of aromatic nitrogens is 4. The predicted octanol–water partition coefficient (Wildman–Crippen LogP) is -0.310. The lowest BCUT2D eigenvalue weighted by molar-refractivity contribution is -0.0511. The smallest absolute Gasteiger partial charge is 0.256 e. The zero-order chi connectivity index (χ0) is 19.0. The summed E-state index contributed by atoms with van der Waals surface area (Å²) < 4.78 is 6.93. The zero-order valence-corrected chi connectivity index (χ0v) is 14.0. The van der Waals surface area contributed by atoms with E-state index in [4.69, 9.17) is 4.74 Å². The van der Waals surface area contributed by atoms with Gasteiger partial charge in [-0.05, 0) is 12.1 Å². The Hall–Kier alpha value is -2.92. The summed E-state index contributed by atoms with van der Waals surface area (Å²) in [6, 6.07) is 8.65. The molecule has 4 N–H and O–H groups in total. The van der Waals surface area contributed by atoms with Crippen LogP contribution >= 0.6 is 0 Å². The van der Waals surface area contributed by atoms with Crippen LogP contribution in [-0.4, -0.2) is 65.7 Å². The number of ether oxygens (including phenoxy) is 1. The van der Waals surface area contributed by atoms with E-state index in [-0.39, 0.29) is 11.7 Å². The van der Waals surface area contributed by atoms with Crippen molar-refractivity contribution in [1.29, 1.82) is 0 Å². The fraction of sp³-hybridized carbons (Fsp3) is 0.294.